The smallest absolute Gasteiger partial charge is 0.251 e. The van der Waals surface area contributed by atoms with Gasteiger partial charge in [0.2, 0.25) is 11.7 Å². The van der Waals surface area contributed by atoms with E-state index in [0.717, 1.165) is 23.7 Å². The van der Waals surface area contributed by atoms with Crippen LogP contribution in [0, 0.1) is 6.92 Å². The van der Waals surface area contributed by atoms with Crippen LogP contribution in [0.25, 0.3) is 22.5 Å². The summed E-state index contributed by atoms with van der Waals surface area (Å²) in [5.74, 6) is 0.614. The first-order valence-corrected chi connectivity index (χ1v) is 13.4. The number of tetrazole rings is 1. The number of rotatable bonds is 9. The molecule has 2 atom stereocenters. The third-order valence-electron chi connectivity index (χ3n) is 6.87. The van der Waals surface area contributed by atoms with Crippen molar-refractivity contribution in [2.45, 2.75) is 38.5 Å². The number of furan rings is 1. The lowest BCUT2D eigenvalue weighted by Gasteiger charge is -2.31. The largest absolute Gasteiger partial charge is 0.458 e. The van der Waals surface area contributed by atoms with Crippen LogP contribution in [0.5, 0.6) is 0 Å². The lowest BCUT2D eigenvalue weighted by atomic mass is 10.0. The third-order valence-corrected chi connectivity index (χ3v) is 6.87. The molecule has 0 unspecified atom stereocenters. The Labute approximate surface area is 235 Å². The van der Waals surface area contributed by atoms with Crippen molar-refractivity contribution in [2.75, 3.05) is 18.1 Å². The maximum Gasteiger partial charge on any atom is 0.251 e. The van der Waals surface area contributed by atoms with Crippen molar-refractivity contribution >= 4 is 28.4 Å². The first-order chi connectivity index (χ1) is 20.0. The van der Waals surface area contributed by atoms with E-state index < -0.39 is 11.9 Å². The molecule has 1 N–H and O–H groups in total. The lowest BCUT2D eigenvalue weighted by Crippen LogP contribution is -2.46. The fourth-order valence-corrected chi connectivity index (χ4v) is 4.87. The fourth-order valence-electron chi connectivity index (χ4n) is 4.87. The Kier molecular flexibility index (Phi) is 7.46. The maximum atomic E-state index is 14.1. The van der Waals surface area contributed by atoms with E-state index in [1.807, 2.05) is 37.3 Å². The zero-order valence-electron chi connectivity index (χ0n) is 22.4. The van der Waals surface area contributed by atoms with Crippen LogP contribution in [0.3, 0.4) is 0 Å². The number of carbonyl (C=O) groups excluding carboxylic acids is 2. The van der Waals surface area contributed by atoms with Crippen LogP contribution in [0.1, 0.15) is 30.2 Å². The highest BCUT2D eigenvalue weighted by Gasteiger charge is 2.34. The minimum atomic E-state index is -1.02. The molecule has 41 heavy (non-hydrogen) atoms. The van der Waals surface area contributed by atoms with Crippen molar-refractivity contribution in [1.29, 1.82) is 0 Å². The quantitative estimate of drug-likeness (QED) is 0.292. The zero-order chi connectivity index (χ0) is 28.2. The van der Waals surface area contributed by atoms with Gasteiger partial charge in [-0.15, -0.1) is 10.2 Å². The summed E-state index contributed by atoms with van der Waals surface area (Å²) in [5.41, 5.74) is 1.80. The molecular weight excluding hydrogens is 524 g/mol. The third kappa shape index (κ3) is 5.82. The van der Waals surface area contributed by atoms with E-state index >= 15 is 0 Å². The number of pyridine rings is 2. The van der Waals surface area contributed by atoms with E-state index in [1.165, 1.54) is 9.70 Å². The van der Waals surface area contributed by atoms with Gasteiger partial charge in [-0.2, -0.15) is 4.80 Å². The van der Waals surface area contributed by atoms with Gasteiger partial charge >= 0.3 is 0 Å². The molecular formula is C29H28N8O4. The number of para-hydroxylation sites is 1. The molecule has 0 saturated carbocycles. The molecule has 0 radical (unpaired) electrons. The Morgan fingerprint density at radius 3 is 2.78 bits per heavy atom. The Hall–Kier alpha value is -4.97. The average Bonchev–Trinajstić information content (AvgIpc) is 3.77. The summed E-state index contributed by atoms with van der Waals surface area (Å²) >= 11 is 0. The van der Waals surface area contributed by atoms with Crippen molar-refractivity contribution < 1.29 is 18.7 Å². The number of benzene rings is 1. The standard InChI is InChI=1S/C29H28N8O4/c1-19-8-9-25(41-19)28-33-35-36(34-28)18-26(38)37(22-15-21-5-2-3-7-24(21)31-16-22)27(20-10-12-30-13-11-20)29(39)32-17-23-6-4-14-40-23/h2-3,5,7-13,15-16,23,27H,4,6,14,17-18H2,1H3,(H,32,39)/t23-,27-/m1/s1. The minimum absolute atomic E-state index is 0.0634. The molecule has 5 heterocycles. The fraction of sp³-hybridized carbons (Fsp3) is 0.276. The molecule has 5 aromatic rings. The van der Waals surface area contributed by atoms with E-state index in [9.17, 15) is 9.59 Å². The van der Waals surface area contributed by atoms with Crippen LogP contribution < -0.4 is 10.2 Å². The van der Waals surface area contributed by atoms with Crippen molar-refractivity contribution in [3.05, 3.63) is 84.5 Å². The van der Waals surface area contributed by atoms with Crippen molar-refractivity contribution in [2.24, 2.45) is 0 Å². The number of amides is 2. The summed E-state index contributed by atoms with van der Waals surface area (Å²) in [6, 6.07) is 15.4. The van der Waals surface area contributed by atoms with Gasteiger partial charge in [-0.1, -0.05) is 18.2 Å². The number of ether oxygens (including phenoxy) is 1. The van der Waals surface area contributed by atoms with Gasteiger partial charge in [0, 0.05) is 30.9 Å². The van der Waals surface area contributed by atoms with E-state index in [0.29, 0.717) is 35.9 Å². The number of hydrogen-bond acceptors (Lipinski definition) is 9. The van der Waals surface area contributed by atoms with E-state index in [2.05, 4.69) is 30.7 Å². The SMILES string of the molecule is Cc1ccc(-c2nnn(CC(=O)N(c3cnc4ccccc4c3)[C@@H](C(=O)NC[C@H]3CCCO3)c3ccncc3)n2)o1. The van der Waals surface area contributed by atoms with Crippen LogP contribution >= 0.6 is 0 Å². The summed E-state index contributed by atoms with van der Waals surface area (Å²) in [6.07, 6.45) is 6.53. The topological polar surface area (TPSA) is 141 Å². The number of nitrogens with one attached hydrogen (secondary N) is 1. The number of hydrogen-bond donors (Lipinski definition) is 1. The highest BCUT2D eigenvalue weighted by molar-refractivity contribution is 6.02. The molecule has 1 aliphatic heterocycles. The predicted molar refractivity (Wildman–Crippen MR) is 148 cm³/mol. The summed E-state index contributed by atoms with van der Waals surface area (Å²) in [5, 5.41) is 16.3. The first-order valence-electron chi connectivity index (χ1n) is 13.4. The Morgan fingerprint density at radius 2 is 2.00 bits per heavy atom. The highest BCUT2D eigenvalue weighted by Crippen LogP contribution is 2.30. The Bertz CT molecular complexity index is 1660. The number of anilines is 1. The van der Waals surface area contributed by atoms with Crippen LogP contribution in [0.2, 0.25) is 0 Å². The maximum absolute atomic E-state index is 14.1. The summed E-state index contributed by atoms with van der Waals surface area (Å²) in [4.78, 5) is 39.3. The first kappa shape index (κ1) is 26.3. The van der Waals surface area contributed by atoms with Gasteiger partial charge in [0.25, 0.3) is 5.91 Å². The number of aromatic nitrogens is 6. The lowest BCUT2D eigenvalue weighted by molar-refractivity contribution is -0.127. The molecule has 2 amide bonds. The van der Waals surface area contributed by atoms with Gasteiger partial charge in [0.1, 0.15) is 18.3 Å². The highest BCUT2D eigenvalue weighted by atomic mass is 16.5. The molecule has 1 aromatic carbocycles. The number of carbonyl (C=O) groups is 2. The molecule has 1 aliphatic rings. The van der Waals surface area contributed by atoms with Gasteiger partial charge in [-0.25, -0.2) is 0 Å². The molecule has 12 heteroatoms. The summed E-state index contributed by atoms with van der Waals surface area (Å²) in [6.45, 7) is 2.55. The van der Waals surface area contributed by atoms with Crippen molar-refractivity contribution in [1.82, 2.24) is 35.5 Å². The van der Waals surface area contributed by atoms with Gasteiger partial charge in [0.15, 0.2) is 5.76 Å². The second-order valence-electron chi connectivity index (χ2n) is 9.77. The number of nitrogens with zero attached hydrogens (tertiary/aromatic N) is 7. The van der Waals surface area contributed by atoms with Crippen LogP contribution in [-0.2, 0) is 20.9 Å². The monoisotopic (exact) mass is 552 g/mol. The Morgan fingerprint density at radius 1 is 1.15 bits per heavy atom. The number of fused-ring (bicyclic) bond motifs is 1. The molecule has 0 bridgehead atoms. The van der Waals surface area contributed by atoms with E-state index in [1.54, 1.807) is 42.9 Å². The van der Waals surface area contributed by atoms with Gasteiger partial charge in [-0.3, -0.25) is 24.5 Å². The van der Waals surface area contributed by atoms with Crippen LogP contribution in [0.15, 0.2) is 77.6 Å². The van der Waals surface area contributed by atoms with Crippen molar-refractivity contribution in [3.63, 3.8) is 0 Å². The average molecular weight is 553 g/mol. The van der Waals surface area contributed by atoms with Crippen LogP contribution in [-0.4, -0.2) is 61.2 Å². The van der Waals surface area contributed by atoms with Gasteiger partial charge in [0.05, 0.1) is 23.5 Å². The normalized spacial score (nSPS) is 15.6. The molecule has 0 aliphatic carbocycles. The minimum Gasteiger partial charge on any atom is -0.458 e. The van der Waals surface area contributed by atoms with Gasteiger partial charge < -0.3 is 14.5 Å². The predicted octanol–water partition coefficient (Wildman–Crippen LogP) is 3.25. The molecule has 208 valence electrons. The molecule has 6 rings (SSSR count). The van der Waals surface area contributed by atoms with E-state index in [-0.39, 0.29) is 24.4 Å². The second-order valence-corrected chi connectivity index (χ2v) is 9.77. The van der Waals surface area contributed by atoms with Crippen molar-refractivity contribution in [3.8, 4) is 11.6 Å². The molecule has 1 saturated heterocycles. The van der Waals surface area contributed by atoms with E-state index in [4.69, 9.17) is 9.15 Å². The summed E-state index contributed by atoms with van der Waals surface area (Å²) < 4.78 is 11.3. The molecule has 4 aromatic heterocycles. The van der Waals surface area contributed by atoms with Gasteiger partial charge in [-0.05, 0) is 66.9 Å². The zero-order valence-corrected chi connectivity index (χ0v) is 22.4. The summed E-state index contributed by atoms with van der Waals surface area (Å²) in [7, 11) is 0. The van der Waals surface area contributed by atoms with Crippen LogP contribution in [0.4, 0.5) is 5.69 Å². The number of aryl methyl sites for hydroxylation is 1. The molecule has 1 fully saturated rings. The molecule has 0 spiro atoms. The second kappa shape index (κ2) is 11.6. The molecule has 12 nitrogen and oxygen atoms in total. The Balaban J connectivity index is 1.37.